The van der Waals surface area contributed by atoms with Crippen LogP contribution >= 0.6 is 0 Å². The fourth-order valence-corrected chi connectivity index (χ4v) is 2.06. The van der Waals surface area contributed by atoms with E-state index in [2.05, 4.69) is 27.7 Å². The first kappa shape index (κ1) is 9.76. The second-order valence-corrected chi connectivity index (χ2v) is 4.38. The van der Waals surface area contributed by atoms with E-state index in [1.807, 2.05) is 0 Å². The van der Waals surface area contributed by atoms with Crippen molar-refractivity contribution in [2.75, 3.05) is 0 Å². The predicted molar refractivity (Wildman–Crippen MR) is 54.8 cm³/mol. The maximum absolute atomic E-state index is 4.72. The summed E-state index contributed by atoms with van der Waals surface area (Å²) in [4.78, 5) is 4.72. The van der Waals surface area contributed by atoms with E-state index >= 15 is 0 Å². The molecule has 0 aromatic rings. The van der Waals surface area contributed by atoms with Crippen molar-refractivity contribution in [3.63, 3.8) is 0 Å². The van der Waals surface area contributed by atoms with Gasteiger partial charge in [-0.2, -0.15) is 0 Å². The molecule has 0 heterocycles. The normalized spacial score (nSPS) is 30.9. The van der Waals surface area contributed by atoms with Crippen LogP contribution in [-0.4, -0.2) is 11.8 Å². The highest BCUT2D eigenvalue weighted by Gasteiger charge is 2.22. The van der Waals surface area contributed by atoms with Crippen LogP contribution in [-0.2, 0) is 0 Å². The molecule has 0 radical (unpaired) electrons. The molecule has 2 unspecified atom stereocenters. The van der Waals surface area contributed by atoms with Crippen LogP contribution in [0.15, 0.2) is 4.99 Å². The van der Waals surface area contributed by atoms with Crippen LogP contribution in [0, 0.1) is 11.8 Å². The van der Waals surface area contributed by atoms with Gasteiger partial charge in [0.25, 0.3) is 0 Å². The topological polar surface area (TPSA) is 12.4 Å². The minimum absolute atomic E-state index is 0.475. The third-order valence-electron chi connectivity index (χ3n) is 2.69. The molecule has 1 aliphatic carbocycles. The van der Waals surface area contributed by atoms with Gasteiger partial charge in [0.05, 0.1) is 0 Å². The minimum atomic E-state index is 0.475. The van der Waals surface area contributed by atoms with Crippen molar-refractivity contribution >= 4 is 5.71 Å². The summed E-state index contributed by atoms with van der Waals surface area (Å²) in [6.07, 6.45) is 4.07. The Morgan fingerprint density at radius 3 is 2.08 bits per heavy atom. The van der Waals surface area contributed by atoms with Gasteiger partial charge in [-0.05, 0) is 38.5 Å². The van der Waals surface area contributed by atoms with Crippen LogP contribution in [0.3, 0.4) is 0 Å². The molecule has 0 amide bonds. The molecule has 1 aliphatic rings. The van der Waals surface area contributed by atoms with Gasteiger partial charge < -0.3 is 0 Å². The van der Waals surface area contributed by atoms with Crippen LogP contribution in [0.4, 0.5) is 0 Å². The molecule has 1 rings (SSSR count). The van der Waals surface area contributed by atoms with Gasteiger partial charge in [0.15, 0.2) is 0 Å². The Morgan fingerprint density at radius 2 is 1.67 bits per heavy atom. The van der Waals surface area contributed by atoms with Gasteiger partial charge in [-0.25, -0.2) is 0 Å². The molecule has 12 heavy (non-hydrogen) atoms. The number of nitrogens with zero attached hydrogens (tertiary/aromatic N) is 1. The summed E-state index contributed by atoms with van der Waals surface area (Å²) in [5, 5.41) is 0. The molecule has 0 aliphatic heterocycles. The van der Waals surface area contributed by atoms with Crippen molar-refractivity contribution in [1.29, 1.82) is 0 Å². The SMILES string of the molecule is CC(C)N=C1C(C)CCCC1C. The quantitative estimate of drug-likeness (QED) is 0.568. The highest BCUT2D eigenvalue weighted by molar-refractivity contribution is 5.89. The first-order valence-corrected chi connectivity index (χ1v) is 5.19. The summed E-state index contributed by atoms with van der Waals surface area (Å²) in [6.45, 7) is 8.97. The van der Waals surface area contributed by atoms with E-state index in [0.717, 1.165) is 11.8 Å². The maximum atomic E-state index is 4.72. The van der Waals surface area contributed by atoms with Gasteiger partial charge in [0, 0.05) is 11.8 Å². The minimum Gasteiger partial charge on any atom is -0.291 e. The molecule has 1 nitrogen and oxygen atoms in total. The van der Waals surface area contributed by atoms with Crippen molar-refractivity contribution in [2.45, 2.75) is 53.0 Å². The second-order valence-electron chi connectivity index (χ2n) is 4.38. The Morgan fingerprint density at radius 1 is 1.17 bits per heavy atom. The molecule has 0 aromatic carbocycles. The molecule has 1 heteroatoms. The van der Waals surface area contributed by atoms with Crippen molar-refractivity contribution in [3.8, 4) is 0 Å². The summed E-state index contributed by atoms with van der Waals surface area (Å²) in [7, 11) is 0. The summed E-state index contributed by atoms with van der Waals surface area (Å²) >= 11 is 0. The van der Waals surface area contributed by atoms with E-state index in [1.54, 1.807) is 0 Å². The number of hydrogen-bond acceptors (Lipinski definition) is 1. The largest absolute Gasteiger partial charge is 0.291 e. The molecule has 0 bridgehead atoms. The first-order chi connectivity index (χ1) is 5.61. The van der Waals surface area contributed by atoms with E-state index in [4.69, 9.17) is 4.99 Å². The van der Waals surface area contributed by atoms with E-state index in [9.17, 15) is 0 Å². The van der Waals surface area contributed by atoms with Crippen LogP contribution in [0.25, 0.3) is 0 Å². The molecule has 1 fully saturated rings. The fourth-order valence-electron chi connectivity index (χ4n) is 2.06. The van der Waals surface area contributed by atoms with E-state index < -0.39 is 0 Å². The van der Waals surface area contributed by atoms with Gasteiger partial charge in [0.1, 0.15) is 0 Å². The Kier molecular flexibility index (Phi) is 3.30. The second kappa shape index (κ2) is 4.06. The lowest BCUT2D eigenvalue weighted by Crippen LogP contribution is -2.25. The zero-order valence-electron chi connectivity index (χ0n) is 8.80. The molecule has 0 aromatic heterocycles. The smallest absolute Gasteiger partial charge is 0.0442 e. The Balaban J connectivity index is 2.69. The molecule has 0 saturated heterocycles. The number of rotatable bonds is 1. The summed E-state index contributed by atoms with van der Waals surface area (Å²) in [5.41, 5.74) is 1.47. The lowest BCUT2D eigenvalue weighted by molar-refractivity contribution is 0.482. The maximum Gasteiger partial charge on any atom is 0.0442 e. The van der Waals surface area contributed by atoms with E-state index in [0.29, 0.717) is 6.04 Å². The summed E-state index contributed by atoms with van der Waals surface area (Å²) < 4.78 is 0. The summed E-state index contributed by atoms with van der Waals surface area (Å²) in [6, 6.07) is 0.475. The van der Waals surface area contributed by atoms with E-state index in [-0.39, 0.29) is 0 Å². The van der Waals surface area contributed by atoms with Crippen LogP contribution < -0.4 is 0 Å². The summed E-state index contributed by atoms with van der Waals surface area (Å²) in [5.74, 6) is 1.47. The van der Waals surface area contributed by atoms with Gasteiger partial charge >= 0.3 is 0 Å². The monoisotopic (exact) mass is 167 g/mol. The van der Waals surface area contributed by atoms with Gasteiger partial charge in [0.2, 0.25) is 0 Å². The molecule has 2 atom stereocenters. The number of aliphatic imine (C=N–C) groups is 1. The standard InChI is InChI=1S/C11H21N/c1-8(2)12-11-9(3)6-5-7-10(11)4/h8-10H,5-7H2,1-4H3. The van der Waals surface area contributed by atoms with Crippen LogP contribution in [0.1, 0.15) is 47.0 Å². The third-order valence-corrected chi connectivity index (χ3v) is 2.69. The Hall–Kier alpha value is -0.330. The zero-order chi connectivity index (χ0) is 9.14. The van der Waals surface area contributed by atoms with E-state index in [1.165, 1.54) is 25.0 Å². The van der Waals surface area contributed by atoms with Gasteiger partial charge in [-0.15, -0.1) is 0 Å². The highest BCUT2D eigenvalue weighted by Crippen LogP contribution is 2.26. The van der Waals surface area contributed by atoms with Crippen LogP contribution in [0.5, 0.6) is 0 Å². The predicted octanol–water partition coefficient (Wildman–Crippen LogP) is 3.29. The Bertz CT molecular complexity index is 158. The first-order valence-electron chi connectivity index (χ1n) is 5.19. The molecular formula is C11H21N. The fraction of sp³-hybridized carbons (Fsp3) is 0.909. The average molecular weight is 167 g/mol. The zero-order valence-corrected chi connectivity index (χ0v) is 8.80. The number of hydrogen-bond donors (Lipinski definition) is 0. The molecule has 0 spiro atoms. The lowest BCUT2D eigenvalue weighted by Gasteiger charge is -2.27. The molecular weight excluding hydrogens is 146 g/mol. The Labute approximate surface area is 76.3 Å². The highest BCUT2D eigenvalue weighted by atomic mass is 14.8. The molecule has 0 N–H and O–H groups in total. The average Bonchev–Trinajstić information content (AvgIpc) is 1.97. The van der Waals surface area contributed by atoms with Crippen molar-refractivity contribution in [1.82, 2.24) is 0 Å². The van der Waals surface area contributed by atoms with Crippen molar-refractivity contribution < 1.29 is 0 Å². The van der Waals surface area contributed by atoms with Gasteiger partial charge in [-0.3, -0.25) is 4.99 Å². The lowest BCUT2D eigenvalue weighted by atomic mass is 9.81. The van der Waals surface area contributed by atoms with Crippen molar-refractivity contribution in [3.05, 3.63) is 0 Å². The third kappa shape index (κ3) is 2.33. The molecule has 70 valence electrons. The van der Waals surface area contributed by atoms with Crippen LogP contribution in [0.2, 0.25) is 0 Å². The van der Waals surface area contributed by atoms with Gasteiger partial charge in [-0.1, -0.05) is 20.3 Å². The molecule has 1 saturated carbocycles. The van der Waals surface area contributed by atoms with Crippen molar-refractivity contribution in [2.24, 2.45) is 16.8 Å².